The fourth-order valence-electron chi connectivity index (χ4n) is 1.66. The third-order valence-electron chi connectivity index (χ3n) is 2.79. The molecule has 0 radical (unpaired) electrons. The van der Waals surface area contributed by atoms with Gasteiger partial charge in [0.2, 0.25) is 5.91 Å². The second-order valence-corrected chi connectivity index (χ2v) is 4.24. The smallest absolute Gasteiger partial charge is 0.248 e. The molecule has 2 aromatic rings. The van der Waals surface area contributed by atoms with Crippen LogP contribution in [0.15, 0.2) is 42.5 Å². The first-order chi connectivity index (χ1) is 9.08. The van der Waals surface area contributed by atoms with E-state index < -0.39 is 5.91 Å². The van der Waals surface area contributed by atoms with Crippen molar-refractivity contribution < 1.29 is 13.9 Å². The molecule has 0 bridgehead atoms. The number of amides is 1. The van der Waals surface area contributed by atoms with Gasteiger partial charge in [0.25, 0.3) is 0 Å². The van der Waals surface area contributed by atoms with Crippen LogP contribution in [0.2, 0.25) is 0 Å². The van der Waals surface area contributed by atoms with Crippen LogP contribution >= 0.6 is 0 Å². The molecule has 0 aliphatic carbocycles. The van der Waals surface area contributed by atoms with E-state index in [1.807, 2.05) is 0 Å². The minimum Gasteiger partial charge on any atom is -0.486 e. The van der Waals surface area contributed by atoms with Gasteiger partial charge in [-0.1, -0.05) is 24.3 Å². The molecule has 2 aromatic carbocycles. The lowest BCUT2D eigenvalue weighted by Gasteiger charge is -2.08. The zero-order valence-electron chi connectivity index (χ0n) is 10.5. The molecular weight excluding hydrogens is 245 g/mol. The topological polar surface area (TPSA) is 52.3 Å². The number of ether oxygens (including phenoxy) is 1. The van der Waals surface area contributed by atoms with E-state index in [2.05, 4.69) is 0 Å². The minimum absolute atomic E-state index is 0.221. The van der Waals surface area contributed by atoms with E-state index in [1.165, 1.54) is 0 Å². The van der Waals surface area contributed by atoms with E-state index in [0.717, 1.165) is 5.56 Å². The lowest BCUT2D eigenvalue weighted by molar-refractivity contribution is 0.1000. The highest BCUT2D eigenvalue weighted by Crippen LogP contribution is 2.20. The molecule has 0 fully saturated rings. The molecule has 0 heterocycles. The van der Waals surface area contributed by atoms with Crippen molar-refractivity contribution in [2.24, 2.45) is 5.73 Å². The Bertz CT molecular complexity index is 594. The van der Waals surface area contributed by atoms with Crippen molar-refractivity contribution in [3.8, 4) is 5.75 Å². The summed E-state index contributed by atoms with van der Waals surface area (Å²) in [5.41, 5.74) is 6.96. The number of carbonyl (C=O) groups excluding carboxylic acids is 1. The molecule has 0 aromatic heterocycles. The van der Waals surface area contributed by atoms with Gasteiger partial charge in [-0.05, 0) is 36.2 Å². The van der Waals surface area contributed by atoms with Crippen molar-refractivity contribution in [3.05, 3.63) is 65.0 Å². The number of halogens is 1. The number of hydrogen-bond acceptors (Lipinski definition) is 2. The summed E-state index contributed by atoms with van der Waals surface area (Å²) in [6.07, 6.45) is 0. The van der Waals surface area contributed by atoms with Crippen LogP contribution in [-0.4, -0.2) is 5.91 Å². The summed E-state index contributed by atoms with van der Waals surface area (Å²) in [6, 6.07) is 11.7. The summed E-state index contributed by atoms with van der Waals surface area (Å²) in [7, 11) is 0. The van der Waals surface area contributed by atoms with E-state index in [0.29, 0.717) is 11.1 Å². The Hall–Kier alpha value is -2.36. The molecule has 0 unspecified atom stereocenters. The molecule has 4 heteroatoms. The lowest BCUT2D eigenvalue weighted by Crippen LogP contribution is -2.10. The predicted molar refractivity (Wildman–Crippen MR) is 70.4 cm³/mol. The van der Waals surface area contributed by atoms with Crippen molar-refractivity contribution in [2.75, 3.05) is 0 Å². The Labute approximate surface area is 110 Å². The maximum Gasteiger partial charge on any atom is 0.248 e. The molecule has 19 heavy (non-hydrogen) atoms. The SMILES string of the molecule is Cc1cccc(OCc2ccc(C(N)=O)cc2)c1F. The molecule has 0 spiro atoms. The van der Waals surface area contributed by atoms with E-state index in [-0.39, 0.29) is 18.2 Å². The first-order valence-electron chi connectivity index (χ1n) is 5.84. The number of carbonyl (C=O) groups is 1. The average Bonchev–Trinajstić information content (AvgIpc) is 2.41. The second-order valence-electron chi connectivity index (χ2n) is 4.24. The van der Waals surface area contributed by atoms with Crippen LogP contribution in [0, 0.1) is 12.7 Å². The third kappa shape index (κ3) is 3.10. The maximum absolute atomic E-state index is 13.7. The van der Waals surface area contributed by atoms with Gasteiger partial charge in [0.15, 0.2) is 11.6 Å². The minimum atomic E-state index is -0.475. The highest BCUT2D eigenvalue weighted by Gasteiger charge is 2.06. The fraction of sp³-hybridized carbons (Fsp3) is 0.133. The number of nitrogens with two attached hydrogens (primary N) is 1. The Kier molecular flexibility index (Phi) is 3.80. The van der Waals surface area contributed by atoms with Crippen molar-refractivity contribution in [1.29, 1.82) is 0 Å². The first kappa shape index (κ1) is 13.1. The van der Waals surface area contributed by atoms with Crippen molar-refractivity contribution >= 4 is 5.91 Å². The molecule has 3 nitrogen and oxygen atoms in total. The number of aryl methyl sites for hydroxylation is 1. The van der Waals surface area contributed by atoms with Gasteiger partial charge in [-0.3, -0.25) is 4.79 Å². The van der Waals surface area contributed by atoms with Crippen molar-refractivity contribution in [1.82, 2.24) is 0 Å². The van der Waals surface area contributed by atoms with Gasteiger partial charge in [0.1, 0.15) is 6.61 Å². The van der Waals surface area contributed by atoms with E-state index in [1.54, 1.807) is 49.4 Å². The van der Waals surface area contributed by atoms with Crippen molar-refractivity contribution in [2.45, 2.75) is 13.5 Å². The Morgan fingerprint density at radius 2 is 1.89 bits per heavy atom. The van der Waals surface area contributed by atoms with E-state index in [9.17, 15) is 9.18 Å². The van der Waals surface area contributed by atoms with E-state index in [4.69, 9.17) is 10.5 Å². The fourth-order valence-corrected chi connectivity index (χ4v) is 1.66. The van der Waals surface area contributed by atoms with Gasteiger partial charge in [-0.2, -0.15) is 0 Å². The molecule has 2 rings (SSSR count). The monoisotopic (exact) mass is 259 g/mol. The summed E-state index contributed by atoms with van der Waals surface area (Å²) in [6.45, 7) is 1.92. The average molecular weight is 259 g/mol. The molecular formula is C15H14FNO2. The number of benzene rings is 2. The Morgan fingerprint density at radius 3 is 2.53 bits per heavy atom. The van der Waals surface area contributed by atoms with Gasteiger partial charge in [0, 0.05) is 5.56 Å². The van der Waals surface area contributed by atoms with Crippen LogP contribution in [0.3, 0.4) is 0 Å². The van der Waals surface area contributed by atoms with Gasteiger partial charge in [0.05, 0.1) is 0 Å². The first-order valence-corrected chi connectivity index (χ1v) is 5.84. The normalized spacial score (nSPS) is 10.2. The zero-order valence-corrected chi connectivity index (χ0v) is 10.5. The zero-order chi connectivity index (χ0) is 13.8. The summed E-state index contributed by atoms with van der Waals surface area (Å²) in [5.74, 6) is -0.604. The van der Waals surface area contributed by atoms with Crippen LogP contribution in [-0.2, 0) is 6.61 Å². The molecule has 0 saturated carbocycles. The van der Waals surface area contributed by atoms with Gasteiger partial charge in [-0.25, -0.2) is 4.39 Å². The number of hydrogen-bond donors (Lipinski definition) is 1. The summed E-state index contributed by atoms with van der Waals surface area (Å²) in [4.78, 5) is 10.9. The molecule has 0 atom stereocenters. The molecule has 0 saturated heterocycles. The highest BCUT2D eigenvalue weighted by atomic mass is 19.1. The summed E-state index contributed by atoms with van der Waals surface area (Å²) >= 11 is 0. The molecule has 0 aliphatic heterocycles. The number of primary amides is 1. The maximum atomic E-state index is 13.7. The van der Waals surface area contributed by atoms with Crippen LogP contribution in [0.5, 0.6) is 5.75 Å². The Balaban J connectivity index is 2.06. The largest absolute Gasteiger partial charge is 0.486 e. The predicted octanol–water partition coefficient (Wildman–Crippen LogP) is 2.81. The van der Waals surface area contributed by atoms with Gasteiger partial charge < -0.3 is 10.5 Å². The van der Waals surface area contributed by atoms with Crippen LogP contribution in [0.4, 0.5) is 4.39 Å². The van der Waals surface area contributed by atoms with E-state index >= 15 is 0 Å². The third-order valence-corrected chi connectivity index (χ3v) is 2.79. The number of rotatable bonds is 4. The molecule has 0 aliphatic rings. The van der Waals surface area contributed by atoms with Crippen molar-refractivity contribution in [3.63, 3.8) is 0 Å². The van der Waals surface area contributed by atoms with Gasteiger partial charge in [-0.15, -0.1) is 0 Å². The molecule has 98 valence electrons. The highest BCUT2D eigenvalue weighted by molar-refractivity contribution is 5.92. The van der Waals surface area contributed by atoms with Crippen LogP contribution in [0.25, 0.3) is 0 Å². The molecule has 2 N–H and O–H groups in total. The second kappa shape index (κ2) is 5.52. The molecule has 1 amide bonds. The Morgan fingerprint density at radius 1 is 1.21 bits per heavy atom. The summed E-state index contributed by atoms with van der Waals surface area (Å²) in [5, 5.41) is 0. The standard InChI is InChI=1S/C15H14FNO2/c1-10-3-2-4-13(14(10)16)19-9-11-5-7-12(8-6-11)15(17)18/h2-8H,9H2,1H3,(H2,17,18). The summed E-state index contributed by atoms with van der Waals surface area (Å²) < 4.78 is 19.1. The lowest BCUT2D eigenvalue weighted by atomic mass is 10.1. The van der Waals surface area contributed by atoms with Crippen LogP contribution < -0.4 is 10.5 Å². The van der Waals surface area contributed by atoms with Gasteiger partial charge >= 0.3 is 0 Å². The quantitative estimate of drug-likeness (QED) is 0.917. The van der Waals surface area contributed by atoms with Crippen LogP contribution in [0.1, 0.15) is 21.5 Å².